The van der Waals surface area contributed by atoms with Crippen molar-refractivity contribution in [2.45, 2.75) is 19.3 Å². The number of benzene rings is 1. The van der Waals surface area contributed by atoms with Crippen LogP contribution >= 0.6 is 11.6 Å². The molecule has 0 saturated carbocycles. The van der Waals surface area contributed by atoms with Crippen LogP contribution in [0.2, 0.25) is 5.02 Å². The third-order valence-electron chi connectivity index (χ3n) is 2.49. The summed E-state index contributed by atoms with van der Waals surface area (Å²) in [6, 6.07) is 6.00. The van der Waals surface area contributed by atoms with Gasteiger partial charge < -0.3 is 0 Å². The van der Waals surface area contributed by atoms with Crippen LogP contribution in [0.1, 0.15) is 30.4 Å². The topological polar surface area (TPSA) is 12.4 Å². The summed E-state index contributed by atoms with van der Waals surface area (Å²) in [5, 5.41) is 0.797. The molecule has 1 nitrogen and oxygen atoms in total. The summed E-state index contributed by atoms with van der Waals surface area (Å²) in [7, 11) is 0. The average Bonchev–Trinajstić information content (AvgIpc) is 2.39. The Bertz CT molecular complexity index is 393. The summed E-state index contributed by atoms with van der Waals surface area (Å²) in [4.78, 5) is 4.22. The van der Waals surface area contributed by atoms with Gasteiger partial charge in [-0.1, -0.05) is 24.6 Å². The molecule has 1 aromatic carbocycles. The molecule has 1 aromatic rings. The zero-order valence-electron chi connectivity index (χ0n) is 8.07. The van der Waals surface area contributed by atoms with Crippen molar-refractivity contribution in [1.82, 2.24) is 0 Å². The molecule has 1 heterocycles. The van der Waals surface area contributed by atoms with E-state index in [4.69, 9.17) is 11.6 Å². The molecular weight excluding hydrogens is 194 g/mol. The molecular formula is C12H12ClN. The monoisotopic (exact) mass is 205 g/mol. The number of aliphatic imine (C=N–C) groups is 1. The van der Waals surface area contributed by atoms with E-state index in [2.05, 4.69) is 11.9 Å². The molecule has 0 aliphatic carbocycles. The van der Waals surface area contributed by atoms with Crippen molar-refractivity contribution in [3.63, 3.8) is 0 Å². The van der Waals surface area contributed by atoms with Crippen molar-refractivity contribution in [1.29, 1.82) is 0 Å². The van der Waals surface area contributed by atoms with Crippen LogP contribution in [0, 0.1) is 0 Å². The average molecular weight is 206 g/mol. The summed E-state index contributed by atoms with van der Waals surface area (Å²) < 4.78 is 0. The number of hydrogen-bond acceptors (Lipinski definition) is 1. The maximum Gasteiger partial charge on any atom is 0.0409 e. The first-order valence-corrected chi connectivity index (χ1v) is 5.18. The molecule has 72 valence electrons. The summed E-state index contributed by atoms with van der Waals surface area (Å²) in [6.07, 6.45) is 6.90. The molecule has 1 aliphatic heterocycles. The van der Waals surface area contributed by atoms with Crippen molar-refractivity contribution in [3.8, 4) is 0 Å². The quantitative estimate of drug-likeness (QED) is 0.660. The van der Waals surface area contributed by atoms with Crippen molar-refractivity contribution in [3.05, 3.63) is 40.5 Å². The summed E-state index contributed by atoms with van der Waals surface area (Å²) in [6.45, 7) is 2.16. The Morgan fingerprint density at radius 1 is 1.43 bits per heavy atom. The van der Waals surface area contributed by atoms with Gasteiger partial charge >= 0.3 is 0 Å². The number of nitrogens with zero attached hydrogens (tertiary/aromatic N) is 1. The van der Waals surface area contributed by atoms with Gasteiger partial charge in [0.2, 0.25) is 0 Å². The van der Waals surface area contributed by atoms with Crippen LogP contribution in [-0.4, -0.2) is 6.21 Å². The van der Waals surface area contributed by atoms with Crippen LogP contribution in [0.5, 0.6) is 0 Å². The van der Waals surface area contributed by atoms with E-state index in [0.717, 1.165) is 11.4 Å². The third-order valence-corrected chi connectivity index (χ3v) is 2.73. The van der Waals surface area contributed by atoms with E-state index in [1.807, 2.05) is 36.7 Å². The van der Waals surface area contributed by atoms with E-state index in [9.17, 15) is 0 Å². The van der Waals surface area contributed by atoms with E-state index in [0.29, 0.717) is 5.92 Å². The Morgan fingerprint density at radius 2 is 2.29 bits per heavy atom. The van der Waals surface area contributed by atoms with Crippen LogP contribution in [0.15, 0.2) is 29.4 Å². The van der Waals surface area contributed by atoms with Gasteiger partial charge in [0.15, 0.2) is 0 Å². The van der Waals surface area contributed by atoms with Crippen molar-refractivity contribution in [2.24, 2.45) is 4.99 Å². The maximum absolute atomic E-state index is 5.98. The van der Waals surface area contributed by atoms with Crippen LogP contribution < -0.4 is 0 Å². The summed E-state index contributed by atoms with van der Waals surface area (Å²) in [5.74, 6) is 0.388. The van der Waals surface area contributed by atoms with Gasteiger partial charge in [-0.3, -0.25) is 4.99 Å². The second-order valence-corrected chi connectivity index (χ2v) is 3.84. The Morgan fingerprint density at radius 3 is 3.07 bits per heavy atom. The lowest BCUT2D eigenvalue weighted by atomic mass is 9.93. The van der Waals surface area contributed by atoms with E-state index < -0.39 is 0 Å². The molecule has 0 radical (unpaired) electrons. The van der Waals surface area contributed by atoms with E-state index >= 15 is 0 Å². The summed E-state index contributed by atoms with van der Waals surface area (Å²) >= 11 is 5.98. The molecule has 0 bridgehead atoms. The fraction of sp³-hybridized carbons (Fsp3) is 0.250. The standard InChI is InChI=1S/C12H12ClN/c1-2-9-8-14-6-5-10-3-4-11(13)7-12(9)10/h3-9H,2H2,1H3. The van der Waals surface area contributed by atoms with Gasteiger partial charge in [-0.25, -0.2) is 0 Å². The van der Waals surface area contributed by atoms with Crippen molar-refractivity contribution >= 4 is 23.9 Å². The molecule has 1 aliphatic rings. The third kappa shape index (κ3) is 1.73. The first-order valence-electron chi connectivity index (χ1n) is 4.80. The molecule has 2 rings (SSSR count). The van der Waals surface area contributed by atoms with Gasteiger partial charge in [0, 0.05) is 23.4 Å². The fourth-order valence-electron chi connectivity index (χ4n) is 1.70. The van der Waals surface area contributed by atoms with Crippen LogP contribution in [-0.2, 0) is 0 Å². The van der Waals surface area contributed by atoms with E-state index in [1.54, 1.807) is 0 Å². The highest BCUT2D eigenvalue weighted by atomic mass is 35.5. The summed E-state index contributed by atoms with van der Waals surface area (Å²) in [5.41, 5.74) is 2.50. The van der Waals surface area contributed by atoms with Crippen LogP contribution in [0.3, 0.4) is 0 Å². The minimum atomic E-state index is 0.388. The smallest absolute Gasteiger partial charge is 0.0409 e. The van der Waals surface area contributed by atoms with Gasteiger partial charge in [0.25, 0.3) is 0 Å². The molecule has 2 heteroatoms. The highest BCUT2D eigenvalue weighted by Crippen LogP contribution is 2.27. The lowest BCUT2D eigenvalue weighted by Crippen LogP contribution is -1.99. The molecule has 0 amide bonds. The van der Waals surface area contributed by atoms with Gasteiger partial charge in [-0.05, 0) is 35.8 Å². The molecule has 14 heavy (non-hydrogen) atoms. The highest BCUT2D eigenvalue weighted by Gasteiger charge is 2.12. The highest BCUT2D eigenvalue weighted by molar-refractivity contribution is 6.30. The van der Waals surface area contributed by atoms with Gasteiger partial charge in [0.05, 0.1) is 0 Å². The Balaban J connectivity index is 2.54. The minimum absolute atomic E-state index is 0.388. The molecule has 0 fully saturated rings. The molecule has 0 spiro atoms. The van der Waals surface area contributed by atoms with Crippen molar-refractivity contribution < 1.29 is 0 Å². The van der Waals surface area contributed by atoms with Crippen molar-refractivity contribution in [2.75, 3.05) is 0 Å². The Hall–Kier alpha value is -1.08. The Labute approximate surface area is 89.1 Å². The molecule has 0 N–H and O–H groups in total. The van der Waals surface area contributed by atoms with Crippen LogP contribution in [0.25, 0.3) is 6.08 Å². The molecule has 0 saturated heterocycles. The zero-order valence-corrected chi connectivity index (χ0v) is 8.83. The Kier molecular flexibility index (Phi) is 2.69. The molecule has 1 atom stereocenters. The second-order valence-electron chi connectivity index (χ2n) is 3.40. The van der Waals surface area contributed by atoms with E-state index in [-0.39, 0.29) is 0 Å². The van der Waals surface area contributed by atoms with Gasteiger partial charge in [0.1, 0.15) is 0 Å². The van der Waals surface area contributed by atoms with Gasteiger partial charge in [-0.2, -0.15) is 0 Å². The molecule has 0 aromatic heterocycles. The normalized spacial score (nSPS) is 19.1. The molecule has 1 unspecified atom stereocenters. The SMILES string of the molecule is CCC1C=NC=Cc2ccc(Cl)cc21. The first kappa shape index (κ1) is 9.47. The second kappa shape index (κ2) is 3.97. The maximum atomic E-state index is 5.98. The number of hydrogen-bond donors (Lipinski definition) is 0. The number of fused-ring (bicyclic) bond motifs is 1. The van der Waals surface area contributed by atoms with E-state index in [1.165, 1.54) is 11.1 Å². The van der Waals surface area contributed by atoms with Gasteiger partial charge in [-0.15, -0.1) is 0 Å². The fourth-order valence-corrected chi connectivity index (χ4v) is 1.88. The lowest BCUT2D eigenvalue weighted by Gasteiger charge is -2.11. The minimum Gasteiger partial charge on any atom is -0.268 e. The predicted octanol–water partition coefficient (Wildman–Crippen LogP) is 3.89. The predicted molar refractivity (Wildman–Crippen MR) is 62.0 cm³/mol. The first-order chi connectivity index (χ1) is 6.81. The number of rotatable bonds is 1. The lowest BCUT2D eigenvalue weighted by molar-refractivity contribution is 0.858. The largest absolute Gasteiger partial charge is 0.268 e. The van der Waals surface area contributed by atoms with Crippen LogP contribution in [0.4, 0.5) is 0 Å². The number of halogens is 1. The zero-order chi connectivity index (χ0) is 9.97.